The van der Waals surface area contributed by atoms with Crippen molar-refractivity contribution in [2.75, 3.05) is 7.11 Å². The Hall–Kier alpha value is -4.52. The van der Waals surface area contributed by atoms with Gasteiger partial charge in [-0.25, -0.2) is 4.98 Å². The number of furan rings is 1. The number of amides is 1. The summed E-state index contributed by atoms with van der Waals surface area (Å²) in [5.41, 5.74) is 3.62. The van der Waals surface area contributed by atoms with E-state index in [-0.39, 0.29) is 18.2 Å². The molecule has 1 atom stereocenters. The Kier molecular flexibility index (Phi) is 6.98. The van der Waals surface area contributed by atoms with Crippen LogP contribution in [-0.4, -0.2) is 22.4 Å². The van der Waals surface area contributed by atoms with Gasteiger partial charge < -0.3 is 23.6 Å². The molecule has 0 aliphatic rings. The number of hydrogen-bond donors (Lipinski definition) is 1. The van der Waals surface area contributed by atoms with Crippen molar-refractivity contribution >= 4 is 11.6 Å². The SMILES string of the molecule is COc1cccc(C(CC(=O)NCc2ccco2)c2cnc3c(OCc4ccccc4)cccn23)c1. The zero-order chi connectivity index (χ0) is 24.7. The van der Waals surface area contributed by atoms with E-state index in [4.69, 9.17) is 13.9 Å². The third kappa shape index (κ3) is 5.25. The number of carbonyl (C=O) groups excluding carboxylic acids is 1. The summed E-state index contributed by atoms with van der Waals surface area (Å²) < 4.78 is 18.9. The lowest BCUT2D eigenvalue weighted by molar-refractivity contribution is -0.121. The Bertz CT molecular complexity index is 1430. The van der Waals surface area contributed by atoms with Gasteiger partial charge in [-0.15, -0.1) is 0 Å². The highest BCUT2D eigenvalue weighted by Crippen LogP contribution is 2.32. The number of carbonyl (C=O) groups is 1. The van der Waals surface area contributed by atoms with Crippen LogP contribution in [0.3, 0.4) is 0 Å². The number of pyridine rings is 1. The van der Waals surface area contributed by atoms with Crippen LogP contribution in [0.2, 0.25) is 0 Å². The molecule has 3 aromatic heterocycles. The van der Waals surface area contributed by atoms with Gasteiger partial charge in [-0.1, -0.05) is 42.5 Å². The van der Waals surface area contributed by atoms with E-state index in [2.05, 4.69) is 10.3 Å². The maximum absolute atomic E-state index is 13.0. The first kappa shape index (κ1) is 23.2. The summed E-state index contributed by atoms with van der Waals surface area (Å²) in [6.07, 6.45) is 5.59. The van der Waals surface area contributed by atoms with Crippen molar-refractivity contribution in [3.8, 4) is 11.5 Å². The molecule has 5 aromatic rings. The number of benzene rings is 2. The molecule has 7 heteroatoms. The van der Waals surface area contributed by atoms with Crippen LogP contribution < -0.4 is 14.8 Å². The van der Waals surface area contributed by atoms with Gasteiger partial charge in [0, 0.05) is 24.7 Å². The quantitative estimate of drug-likeness (QED) is 0.291. The molecule has 1 amide bonds. The minimum Gasteiger partial charge on any atom is -0.497 e. The zero-order valence-electron chi connectivity index (χ0n) is 20.0. The molecule has 7 nitrogen and oxygen atoms in total. The Balaban J connectivity index is 1.44. The first-order chi connectivity index (χ1) is 17.7. The van der Waals surface area contributed by atoms with Crippen molar-refractivity contribution in [3.05, 3.63) is 120 Å². The van der Waals surface area contributed by atoms with E-state index in [1.165, 1.54) is 0 Å². The molecule has 0 radical (unpaired) electrons. The molecule has 1 unspecified atom stereocenters. The number of rotatable bonds is 10. The van der Waals surface area contributed by atoms with Crippen molar-refractivity contribution in [2.24, 2.45) is 0 Å². The van der Waals surface area contributed by atoms with Gasteiger partial charge in [0.15, 0.2) is 11.4 Å². The van der Waals surface area contributed by atoms with Crippen molar-refractivity contribution in [2.45, 2.75) is 25.5 Å². The van der Waals surface area contributed by atoms with Gasteiger partial charge in [0.2, 0.25) is 5.91 Å². The van der Waals surface area contributed by atoms with Crippen LogP contribution in [0, 0.1) is 0 Å². The molecule has 0 spiro atoms. The number of imidazole rings is 1. The van der Waals surface area contributed by atoms with E-state index < -0.39 is 0 Å². The number of fused-ring (bicyclic) bond motifs is 1. The van der Waals surface area contributed by atoms with E-state index in [9.17, 15) is 4.79 Å². The minimum absolute atomic E-state index is 0.0920. The fraction of sp³-hybridized carbons (Fsp3) is 0.172. The first-order valence-corrected chi connectivity index (χ1v) is 11.8. The molecule has 0 bridgehead atoms. The van der Waals surface area contributed by atoms with Crippen molar-refractivity contribution < 1.29 is 18.7 Å². The van der Waals surface area contributed by atoms with E-state index >= 15 is 0 Å². The second-order valence-corrected chi connectivity index (χ2v) is 8.41. The van der Waals surface area contributed by atoms with Gasteiger partial charge in [-0.3, -0.25) is 4.79 Å². The molecule has 3 heterocycles. The Morgan fingerprint density at radius 1 is 1.06 bits per heavy atom. The highest BCUT2D eigenvalue weighted by Gasteiger charge is 2.23. The molecule has 0 fully saturated rings. The maximum atomic E-state index is 13.0. The highest BCUT2D eigenvalue weighted by molar-refractivity contribution is 5.77. The Morgan fingerprint density at radius 3 is 2.75 bits per heavy atom. The number of methoxy groups -OCH3 is 1. The second kappa shape index (κ2) is 10.8. The summed E-state index contributed by atoms with van der Waals surface area (Å²) >= 11 is 0. The number of nitrogens with zero attached hydrogens (tertiary/aromatic N) is 2. The largest absolute Gasteiger partial charge is 0.497 e. The molecule has 0 saturated heterocycles. The first-order valence-electron chi connectivity index (χ1n) is 11.8. The fourth-order valence-electron chi connectivity index (χ4n) is 4.22. The van der Waals surface area contributed by atoms with Crippen LogP contribution in [0.1, 0.15) is 34.9 Å². The van der Waals surface area contributed by atoms with Gasteiger partial charge in [0.1, 0.15) is 18.1 Å². The van der Waals surface area contributed by atoms with Crippen LogP contribution in [0.15, 0.2) is 102 Å². The van der Waals surface area contributed by atoms with E-state index in [1.54, 1.807) is 19.4 Å². The molecule has 1 N–H and O–H groups in total. The predicted molar refractivity (Wildman–Crippen MR) is 136 cm³/mol. The molecule has 0 aliphatic heterocycles. The van der Waals surface area contributed by atoms with Crippen molar-refractivity contribution in [1.29, 1.82) is 0 Å². The van der Waals surface area contributed by atoms with Crippen LogP contribution in [0.25, 0.3) is 5.65 Å². The average molecular weight is 482 g/mol. The van der Waals surface area contributed by atoms with Crippen LogP contribution in [0.5, 0.6) is 11.5 Å². The topological polar surface area (TPSA) is 78.0 Å². The number of nitrogens with one attached hydrogen (secondary N) is 1. The van der Waals surface area contributed by atoms with Gasteiger partial charge in [0.05, 0.1) is 25.6 Å². The summed E-state index contributed by atoms with van der Waals surface area (Å²) in [5, 5.41) is 2.96. The standard InChI is InChI=1S/C29H27N3O4/c1-34-23-11-5-10-22(16-23)25(17-28(33)30-18-24-12-7-15-35-24)26-19-31-29-27(13-6-14-32(26)29)36-20-21-8-3-2-4-9-21/h2-16,19,25H,17-18,20H2,1H3,(H,30,33). The summed E-state index contributed by atoms with van der Waals surface area (Å²) in [6.45, 7) is 0.776. The van der Waals surface area contributed by atoms with Crippen LogP contribution in [-0.2, 0) is 17.9 Å². The smallest absolute Gasteiger partial charge is 0.221 e. The maximum Gasteiger partial charge on any atom is 0.221 e. The van der Waals surface area contributed by atoms with Gasteiger partial charge in [-0.2, -0.15) is 0 Å². The normalized spacial score (nSPS) is 11.8. The van der Waals surface area contributed by atoms with Crippen LogP contribution in [0.4, 0.5) is 0 Å². The molecule has 182 valence electrons. The molecular weight excluding hydrogens is 454 g/mol. The number of hydrogen-bond acceptors (Lipinski definition) is 5. The molecule has 0 aliphatic carbocycles. The summed E-state index contributed by atoms with van der Waals surface area (Å²) in [7, 11) is 1.63. The molecule has 36 heavy (non-hydrogen) atoms. The lowest BCUT2D eigenvalue weighted by atomic mass is 9.92. The second-order valence-electron chi connectivity index (χ2n) is 8.41. The minimum atomic E-state index is -0.254. The zero-order valence-corrected chi connectivity index (χ0v) is 20.0. The highest BCUT2D eigenvalue weighted by atomic mass is 16.5. The lowest BCUT2D eigenvalue weighted by Gasteiger charge is -2.18. The average Bonchev–Trinajstić information content (AvgIpc) is 3.60. The van der Waals surface area contributed by atoms with Crippen molar-refractivity contribution in [1.82, 2.24) is 14.7 Å². The lowest BCUT2D eigenvalue weighted by Crippen LogP contribution is -2.25. The third-order valence-corrected chi connectivity index (χ3v) is 6.05. The van der Waals surface area contributed by atoms with Crippen LogP contribution >= 0.6 is 0 Å². The molecule has 0 saturated carbocycles. The number of ether oxygens (including phenoxy) is 2. The summed E-state index contributed by atoms with van der Waals surface area (Å²) in [5.74, 6) is 1.77. The predicted octanol–water partition coefficient (Wildman–Crippen LogP) is 5.35. The Labute approximate surface area is 209 Å². The van der Waals surface area contributed by atoms with E-state index in [1.807, 2.05) is 89.6 Å². The monoisotopic (exact) mass is 481 g/mol. The third-order valence-electron chi connectivity index (χ3n) is 6.05. The summed E-state index contributed by atoms with van der Waals surface area (Å²) in [6, 6.07) is 25.3. The summed E-state index contributed by atoms with van der Waals surface area (Å²) in [4.78, 5) is 17.7. The van der Waals surface area contributed by atoms with Gasteiger partial charge in [0.25, 0.3) is 0 Å². The molecule has 5 rings (SSSR count). The Morgan fingerprint density at radius 2 is 1.94 bits per heavy atom. The molecular formula is C29H27N3O4. The van der Waals surface area contributed by atoms with Gasteiger partial charge >= 0.3 is 0 Å². The van der Waals surface area contributed by atoms with E-state index in [0.29, 0.717) is 30.3 Å². The van der Waals surface area contributed by atoms with Crippen molar-refractivity contribution in [3.63, 3.8) is 0 Å². The number of aromatic nitrogens is 2. The molecule has 2 aromatic carbocycles. The van der Waals surface area contributed by atoms with E-state index in [0.717, 1.165) is 22.6 Å². The fourth-order valence-corrected chi connectivity index (χ4v) is 4.22. The van der Waals surface area contributed by atoms with Gasteiger partial charge in [-0.05, 0) is 47.5 Å².